The van der Waals surface area contributed by atoms with Crippen LogP contribution in [0.4, 0.5) is 0 Å². The molecule has 0 heterocycles. The van der Waals surface area contributed by atoms with E-state index in [2.05, 4.69) is 19.3 Å². The van der Waals surface area contributed by atoms with Crippen LogP contribution in [0.15, 0.2) is 0 Å². The van der Waals surface area contributed by atoms with Crippen molar-refractivity contribution in [2.45, 2.75) is 26.7 Å². The highest BCUT2D eigenvalue weighted by molar-refractivity contribution is 4.71. The van der Waals surface area contributed by atoms with E-state index >= 15 is 0 Å². The summed E-state index contributed by atoms with van der Waals surface area (Å²) in [6, 6.07) is 0. The Balaban J connectivity index is 2.88. The number of hydrogen-bond donors (Lipinski definition) is 0. The monoisotopic (exact) mass is 129 g/mol. The fourth-order valence-electron chi connectivity index (χ4n) is 0.500. The molecule has 0 spiro atoms. The van der Waals surface area contributed by atoms with Gasteiger partial charge in [0.1, 0.15) is 0 Å². The first-order valence-corrected chi connectivity index (χ1v) is 3.69. The first-order chi connectivity index (χ1) is 4.31. The maximum Gasteiger partial charge on any atom is -0.0228 e. The Bertz CT molecular complexity index is 54.9. The Hall–Kier alpha value is -0.0800. The molecule has 0 amide bonds. The van der Waals surface area contributed by atoms with Gasteiger partial charge in [-0.1, -0.05) is 26.7 Å². The summed E-state index contributed by atoms with van der Waals surface area (Å²) in [4.78, 5) is 0. The lowest BCUT2D eigenvalue weighted by molar-refractivity contribution is 0.433. The summed E-state index contributed by atoms with van der Waals surface area (Å²) in [5.41, 5.74) is 4.27. The lowest BCUT2D eigenvalue weighted by Crippen LogP contribution is -2.12. The van der Waals surface area contributed by atoms with Gasteiger partial charge in [0.25, 0.3) is 0 Å². The molecule has 0 aromatic carbocycles. The largest absolute Gasteiger partial charge is 0.595 e. The van der Waals surface area contributed by atoms with Crippen LogP contribution in [0.5, 0.6) is 0 Å². The molecule has 2 heteroatoms. The normalized spacial score (nSPS) is 10.7. The Morgan fingerprint density at radius 3 is 2.44 bits per heavy atom. The topological polar surface area (TPSA) is 17.3 Å². The molecule has 0 rings (SSSR count). The van der Waals surface area contributed by atoms with Crippen LogP contribution in [-0.4, -0.2) is 25.1 Å². The molecule has 0 fully saturated rings. The molecule has 0 aromatic heterocycles. The Morgan fingerprint density at radius 1 is 1.33 bits per heavy atom. The molecule has 56 valence electrons. The van der Waals surface area contributed by atoms with Crippen molar-refractivity contribution in [2.75, 3.05) is 20.1 Å². The summed E-state index contributed by atoms with van der Waals surface area (Å²) in [6.45, 7) is 6.29. The molecule has 0 atom stereocenters. The number of unbranched alkanes of at least 4 members (excludes halogenated alkanes) is 1. The van der Waals surface area contributed by atoms with Gasteiger partial charge in [-0.05, 0) is 13.6 Å². The van der Waals surface area contributed by atoms with Gasteiger partial charge in [-0.15, -0.1) is 6.54 Å². The highest BCUT2D eigenvalue weighted by atomic mass is 15.5. The van der Waals surface area contributed by atoms with E-state index in [0.717, 1.165) is 13.1 Å². The average Bonchev–Trinajstić information content (AvgIpc) is 1.89. The maximum absolute atomic E-state index is 4.27. The molecule has 2 nitrogen and oxygen atoms in total. The van der Waals surface area contributed by atoms with Gasteiger partial charge in [-0.25, -0.2) is 0 Å². The van der Waals surface area contributed by atoms with Crippen LogP contribution in [0.1, 0.15) is 26.7 Å². The van der Waals surface area contributed by atoms with Crippen LogP contribution < -0.4 is 0 Å². The third-order valence-corrected chi connectivity index (χ3v) is 1.31. The zero-order chi connectivity index (χ0) is 7.11. The minimum absolute atomic E-state index is 0.987. The summed E-state index contributed by atoms with van der Waals surface area (Å²) < 4.78 is 0. The van der Waals surface area contributed by atoms with Crippen LogP contribution in [0.2, 0.25) is 0 Å². The van der Waals surface area contributed by atoms with Gasteiger partial charge >= 0.3 is 0 Å². The predicted molar refractivity (Wildman–Crippen MR) is 41.4 cm³/mol. The molecule has 0 saturated heterocycles. The minimum atomic E-state index is 0.987. The Labute approximate surface area is 58.2 Å². The van der Waals surface area contributed by atoms with Gasteiger partial charge in [0.2, 0.25) is 0 Å². The predicted octanol–water partition coefficient (Wildman–Crippen LogP) is 2.03. The Morgan fingerprint density at radius 2 is 2.00 bits per heavy atom. The molecule has 9 heavy (non-hydrogen) atoms. The van der Waals surface area contributed by atoms with Crippen molar-refractivity contribution in [3.63, 3.8) is 0 Å². The van der Waals surface area contributed by atoms with Gasteiger partial charge < -0.3 is 10.4 Å². The summed E-state index contributed by atoms with van der Waals surface area (Å²) in [5, 5.41) is 1.98. The van der Waals surface area contributed by atoms with Crippen LogP contribution >= 0.6 is 0 Å². The first kappa shape index (κ1) is 8.92. The molecule has 0 N–H and O–H groups in total. The summed E-state index contributed by atoms with van der Waals surface area (Å²) in [6.07, 6.45) is 2.45. The molecule has 0 saturated carbocycles. The van der Waals surface area contributed by atoms with Gasteiger partial charge in [-0.3, -0.25) is 0 Å². The zero-order valence-electron chi connectivity index (χ0n) is 6.72. The van der Waals surface area contributed by atoms with Crippen molar-refractivity contribution in [3.05, 3.63) is 5.43 Å². The summed E-state index contributed by atoms with van der Waals surface area (Å²) in [5.74, 6) is 0. The fourth-order valence-corrected chi connectivity index (χ4v) is 0.500. The Kier molecular flexibility index (Phi) is 5.99. The van der Waals surface area contributed by atoms with Crippen molar-refractivity contribution < 1.29 is 0 Å². The molecule has 0 aliphatic heterocycles. The van der Waals surface area contributed by atoms with E-state index in [-0.39, 0.29) is 0 Å². The van der Waals surface area contributed by atoms with E-state index in [1.54, 1.807) is 0 Å². The SMILES string of the molecule is CCCC[N-]N(C)CC. The van der Waals surface area contributed by atoms with Crippen molar-refractivity contribution in [1.29, 1.82) is 0 Å². The number of hydrogen-bond acceptors (Lipinski definition) is 1. The molecule has 0 bridgehead atoms. The van der Waals surface area contributed by atoms with Crippen LogP contribution in [-0.2, 0) is 0 Å². The summed E-state index contributed by atoms with van der Waals surface area (Å²) >= 11 is 0. The minimum Gasteiger partial charge on any atom is -0.595 e. The second kappa shape index (κ2) is 6.05. The lowest BCUT2D eigenvalue weighted by Gasteiger charge is -2.31. The van der Waals surface area contributed by atoms with E-state index in [1.165, 1.54) is 12.8 Å². The number of rotatable bonds is 5. The molecule has 0 aliphatic carbocycles. The molecule has 0 unspecified atom stereocenters. The van der Waals surface area contributed by atoms with Gasteiger partial charge in [0.15, 0.2) is 0 Å². The molecular formula is C7H17N2-. The molecule has 0 radical (unpaired) electrons. The van der Waals surface area contributed by atoms with Gasteiger partial charge in [0, 0.05) is 0 Å². The van der Waals surface area contributed by atoms with E-state index in [1.807, 2.05) is 12.1 Å². The van der Waals surface area contributed by atoms with E-state index < -0.39 is 0 Å². The van der Waals surface area contributed by atoms with Crippen LogP contribution in [0.25, 0.3) is 5.43 Å². The van der Waals surface area contributed by atoms with Crippen molar-refractivity contribution in [2.24, 2.45) is 0 Å². The lowest BCUT2D eigenvalue weighted by atomic mass is 10.3. The maximum atomic E-state index is 4.27. The standard InChI is InChI=1S/C7H17N2/c1-4-6-7-8-9(3)5-2/h4-7H2,1-3H3/q-1. The quantitative estimate of drug-likeness (QED) is 0.410. The third kappa shape index (κ3) is 5.80. The highest BCUT2D eigenvalue weighted by Crippen LogP contribution is 1.97. The molecule has 0 aliphatic rings. The zero-order valence-corrected chi connectivity index (χ0v) is 6.72. The second-order valence-corrected chi connectivity index (χ2v) is 2.19. The van der Waals surface area contributed by atoms with E-state index in [9.17, 15) is 0 Å². The smallest absolute Gasteiger partial charge is 0.0228 e. The molecular weight excluding hydrogens is 112 g/mol. The van der Waals surface area contributed by atoms with Crippen molar-refractivity contribution in [1.82, 2.24) is 5.01 Å². The van der Waals surface area contributed by atoms with Crippen molar-refractivity contribution in [3.8, 4) is 0 Å². The van der Waals surface area contributed by atoms with Crippen molar-refractivity contribution >= 4 is 0 Å². The summed E-state index contributed by atoms with van der Waals surface area (Å²) in [7, 11) is 2.01. The first-order valence-electron chi connectivity index (χ1n) is 3.69. The second-order valence-electron chi connectivity index (χ2n) is 2.19. The van der Waals surface area contributed by atoms with Gasteiger partial charge in [-0.2, -0.15) is 0 Å². The van der Waals surface area contributed by atoms with Crippen LogP contribution in [0.3, 0.4) is 0 Å². The fraction of sp³-hybridized carbons (Fsp3) is 1.00. The van der Waals surface area contributed by atoms with Crippen LogP contribution in [0, 0.1) is 0 Å². The highest BCUT2D eigenvalue weighted by Gasteiger charge is 1.76. The number of nitrogens with zero attached hydrogens (tertiary/aromatic N) is 2. The third-order valence-electron chi connectivity index (χ3n) is 1.31. The molecule has 0 aromatic rings. The van der Waals surface area contributed by atoms with E-state index in [0.29, 0.717) is 0 Å². The van der Waals surface area contributed by atoms with Gasteiger partial charge in [0.05, 0.1) is 0 Å². The average molecular weight is 129 g/mol. The van der Waals surface area contributed by atoms with E-state index in [4.69, 9.17) is 0 Å².